The maximum absolute atomic E-state index is 12.7. The number of pyridine rings is 1. The molecule has 2 saturated heterocycles. The Balaban J connectivity index is 1.49. The van der Waals surface area contributed by atoms with Gasteiger partial charge in [0, 0.05) is 18.5 Å². The predicted molar refractivity (Wildman–Crippen MR) is 84.0 cm³/mol. The average molecular weight is 365 g/mol. The van der Waals surface area contributed by atoms with Gasteiger partial charge in [0.15, 0.2) is 0 Å². The third-order valence-corrected chi connectivity index (χ3v) is 6.58. The lowest BCUT2D eigenvalue weighted by Crippen LogP contribution is -2.49. The summed E-state index contributed by atoms with van der Waals surface area (Å²) >= 11 is 0. The molecule has 0 N–H and O–H groups in total. The molecule has 1 aromatic rings. The molecule has 3 fully saturated rings. The fourth-order valence-corrected chi connectivity index (χ4v) is 5.38. The minimum atomic E-state index is -4.44. The van der Waals surface area contributed by atoms with Crippen LogP contribution < -0.4 is 0 Å². The molecule has 26 heavy (non-hydrogen) atoms. The summed E-state index contributed by atoms with van der Waals surface area (Å²) < 4.78 is 50.3. The minimum absolute atomic E-state index is 0.0256. The zero-order valence-corrected chi connectivity index (χ0v) is 14.2. The molecule has 138 valence electrons. The lowest BCUT2D eigenvalue weighted by Gasteiger charge is -2.41. The van der Waals surface area contributed by atoms with E-state index in [1.165, 1.54) is 12.3 Å². The van der Waals surface area contributed by atoms with Crippen molar-refractivity contribution in [3.8, 4) is 0 Å². The Labute approximate surface area is 148 Å². The Bertz CT molecular complexity index is 818. The highest BCUT2D eigenvalue weighted by Gasteiger charge is 2.72. The van der Waals surface area contributed by atoms with Gasteiger partial charge in [-0.1, -0.05) is 19.1 Å². The highest BCUT2D eigenvalue weighted by atomic mass is 19.4. The van der Waals surface area contributed by atoms with Crippen LogP contribution in [0.15, 0.2) is 30.0 Å². The van der Waals surface area contributed by atoms with Gasteiger partial charge in [-0.3, -0.25) is 4.98 Å². The molecule has 2 unspecified atom stereocenters. The lowest BCUT2D eigenvalue weighted by molar-refractivity contribution is -0.149. The number of carbonyl (C=O) groups is 1. The summed E-state index contributed by atoms with van der Waals surface area (Å²) in [5.41, 5.74) is -0.711. The minimum Gasteiger partial charge on any atom is -0.455 e. The van der Waals surface area contributed by atoms with E-state index in [9.17, 15) is 18.0 Å². The van der Waals surface area contributed by atoms with Crippen LogP contribution in [0.3, 0.4) is 0 Å². The number of esters is 1. The number of ether oxygens (including phenoxy) is 2. The van der Waals surface area contributed by atoms with Crippen molar-refractivity contribution >= 4 is 5.97 Å². The van der Waals surface area contributed by atoms with Gasteiger partial charge in [-0.25, -0.2) is 4.79 Å². The molecule has 0 amide bonds. The quantitative estimate of drug-likeness (QED) is 0.754. The second-order valence-electron chi connectivity index (χ2n) is 7.93. The molecule has 1 aliphatic carbocycles. The monoisotopic (exact) mass is 365 g/mol. The van der Waals surface area contributed by atoms with Crippen molar-refractivity contribution in [1.82, 2.24) is 4.98 Å². The second-order valence-corrected chi connectivity index (χ2v) is 7.93. The molecule has 2 bridgehead atoms. The van der Waals surface area contributed by atoms with Crippen molar-refractivity contribution in [3.63, 3.8) is 0 Å². The van der Waals surface area contributed by atoms with Crippen molar-refractivity contribution in [2.45, 2.75) is 56.1 Å². The van der Waals surface area contributed by atoms with E-state index in [-0.39, 0.29) is 23.9 Å². The van der Waals surface area contributed by atoms with Crippen LogP contribution >= 0.6 is 0 Å². The van der Waals surface area contributed by atoms with Crippen LogP contribution in [-0.4, -0.2) is 28.3 Å². The first-order valence-corrected chi connectivity index (χ1v) is 8.90. The molecule has 4 heterocycles. The summed E-state index contributed by atoms with van der Waals surface area (Å²) in [5.74, 6) is -0.0851. The Morgan fingerprint density at radius 1 is 1.31 bits per heavy atom. The Hall–Kier alpha value is -1.89. The maximum Gasteiger partial charge on any atom is 0.433 e. The standard InChI is InChI=1S/C19H18F3NO3/c1-10-6-13-16(24)25-15-5-3-12-8-17(10,26-18(12,13)15)7-11-2-4-14(23-9-11)19(20,21)22/h2,4,6,9-10,12,15H,3,5,7-8H2,1H3/t10-,12?,15-,17?,18+/m1/s1. The van der Waals surface area contributed by atoms with Gasteiger partial charge in [0.25, 0.3) is 0 Å². The molecule has 1 saturated carbocycles. The van der Waals surface area contributed by atoms with Crippen LogP contribution in [0.4, 0.5) is 13.2 Å². The first kappa shape index (κ1) is 16.3. The van der Waals surface area contributed by atoms with Gasteiger partial charge in [0.05, 0.1) is 11.2 Å². The van der Waals surface area contributed by atoms with E-state index >= 15 is 0 Å². The molecule has 0 aromatic carbocycles. The van der Waals surface area contributed by atoms with Crippen LogP contribution in [0.1, 0.15) is 37.4 Å². The van der Waals surface area contributed by atoms with Crippen molar-refractivity contribution < 1.29 is 27.4 Å². The molecule has 5 rings (SSSR count). The highest BCUT2D eigenvalue weighted by Crippen LogP contribution is 2.64. The third-order valence-electron chi connectivity index (χ3n) is 6.58. The summed E-state index contributed by atoms with van der Waals surface area (Å²) in [6, 6.07) is 2.49. The molecule has 1 aromatic heterocycles. The van der Waals surface area contributed by atoms with Gasteiger partial charge in [-0.2, -0.15) is 13.2 Å². The van der Waals surface area contributed by atoms with E-state index in [4.69, 9.17) is 9.47 Å². The highest BCUT2D eigenvalue weighted by molar-refractivity contribution is 5.94. The van der Waals surface area contributed by atoms with Crippen LogP contribution in [0.5, 0.6) is 0 Å². The van der Waals surface area contributed by atoms with Gasteiger partial charge in [-0.15, -0.1) is 0 Å². The topological polar surface area (TPSA) is 48.4 Å². The van der Waals surface area contributed by atoms with Gasteiger partial charge in [-0.05, 0) is 36.8 Å². The van der Waals surface area contributed by atoms with Crippen LogP contribution in [0.2, 0.25) is 0 Å². The van der Waals surface area contributed by atoms with Crippen LogP contribution in [0, 0.1) is 11.8 Å². The van der Waals surface area contributed by atoms with Gasteiger partial charge >= 0.3 is 12.1 Å². The van der Waals surface area contributed by atoms with E-state index in [0.29, 0.717) is 17.6 Å². The molecular weight excluding hydrogens is 347 g/mol. The Kier molecular flexibility index (Phi) is 3.06. The van der Waals surface area contributed by atoms with Crippen LogP contribution in [-0.2, 0) is 26.9 Å². The lowest BCUT2D eigenvalue weighted by atomic mass is 9.79. The van der Waals surface area contributed by atoms with Crippen LogP contribution in [0.25, 0.3) is 0 Å². The summed E-state index contributed by atoms with van der Waals surface area (Å²) in [5, 5.41) is 0. The number of rotatable bonds is 2. The molecule has 4 nitrogen and oxygen atoms in total. The largest absolute Gasteiger partial charge is 0.455 e. The summed E-state index contributed by atoms with van der Waals surface area (Å²) in [6.07, 6.45) is 1.58. The van der Waals surface area contributed by atoms with Crippen molar-refractivity contribution in [1.29, 1.82) is 0 Å². The van der Waals surface area contributed by atoms with Gasteiger partial charge in [0.2, 0.25) is 0 Å². The van der Waals surface area contributed by atoms with Gasteiger partial charge in [0.1, 0.15) is 17.4 Å². The van der Waals surface area contributed by atoms with Gasteiger partial charge < -0.3 is 9.47 Å². The first-order valence-electron chi connectivity index (χ1n) is 8.90. The molecule has 5 atom stereocenters. The Morgan fingerprint density at radius 3 is 2.81 bits per heavy atom. The predicted octanol–water partition coefficient (Wildman–Crippen LogP) is 3.45. The normalized spacial score (nSPS) is 40.4. The van der Waals surface area contributed by atoms with E-state index in [2.05, 4.69) is 4.98 Å². The number of fused-ring (bicyclic) bond motifs is 1. The van der Waals surface area contributed by atoms with E-state index in [0.717, 1.165) is 25.3 Å². The summed E-state index contributed by atoms with van der Waals surface area (Å²) in [4.78, 5) is 15.8. The zero-order valence-electron chi connectivity index (χ0n) is 14.2. The van der Waals surface area contributed by atoms with E-state index < -0.39 is 23.1 Å². The number of halogens is 3. The number of aromatic nitrogens is 1. The van der Waals surface area contributed by atoms with E-state index in [1.54, 1.807) is 0 Å². The third kappa shape index (κ3) is 1.95. The number of hydrogen-bond acceptors (Lipinski definition) is 4. The number of carbonyl (C=O) groups excluding carboxylic acids is 1. The van der Waals surface area contributed by atoms with Crippen molar-refractivity contribution in [3.05, 3.63) is 41.2 Å². The molecule has 4 aliphatic rings. The molecule has 7 heteroatoms. The fourth-order valence-electron chi connectivity index (χ4n) is 5.38. The first-order chi connectivity index (χ1) is 12.2. The number of alkyl halides is 3. The smallest absolute Gasteiger partial charge is 0.433 e. The Morgan fingerprint density at radius 2 is 2.12 bits per heavy atom. The molecule has 3 aliphatic heterocycles. The second kappa shape index (κ2) is 4.88. The average Bonchev–Trinajstić information content (AvgIpc) is 3.12. The summed E-state index contributed by atoms with van der Waals surface area (Å²) in [6.45, 7) is 2.00. The molecular formula is C19H18F3NO3. The summed E-state index contributed by atoms with van der Waals surface area (Å²) in [7, 11) is 0. The van der Waals surface area contributed by atoms with Crippen molar-refractivity contribution in [2.75, 3.05) is 0 Å². The maximum atomic E-state index is 12.7. The van der Waals surface area contributed by atoms with E-state index in [1.807, 2.05) is 13.0 Å². The van der Waals surface area contributed by atoms with Crippen molar-refractivity contribution in [2.24, 2.45) is 11.8 Å². The SMILES string of the molecule is C[C@@H]1C=C2C(=O)O[C@@H]3CCC4CC1(Cc1ccc(C(F)(F)F)nc1)O[C@]243. The molecule has 1 spiro atoms. The number of nitrogens with zero attached hydrogens (tertiary/aromatic N) is 1. The molecule has 0 radical (unpaired) electrons. The zero-order chi connectivity index (χ0) is 18.3. The number of hydrogen-bond donors (Lipinski definition) is 0. The fraction of sp³-hybridized carbons (Fsp3) is 0.579.